The second kappa shape index (κ2) is 8.40. The number of rotatable bonds is 5. The monoisotopic (exact) mass is 390 g/mol. The van der Waals surface area contributed by atoms with Crippen LogP contribution in [-0.4, -0.2) is 23.8 Å². The molecule has 2 aromatic carbocycles. The Morgan fingerprint density at radius 1 is 1.21 bits per heavy atom. The zero-order valence-electron chi connectivity index (χ0n) is 16.2. The van der Waals surface area contributed by atoms with Gasteiger partial charge in [-0.2, -0.15) is 10.4 Å². The van der Waals surface area contributed by atoms with E-state index >= 15 is 0 Å². The molecule has 1 N–H and O–H groups in total. The third kappa shape index (κ3) is 4.17. The summed E-state index contributed by atoms with van der Waals surface area (Å²) < 4.78 is 21.2. The van der Waals surface area contributed by atoms with E-state index in [2.05, 4.69) is 15.1 Å². The summed E-state index contributed by atoms with van der Waals surface area (Å²) in [7, 11) is 1.62. The van der Waals surface area contributed by atoms with Gasteiger partial charge in [-0.3, -0.25) is 4.79 Å². The third-order valence-corrected chi connectivity index (χ3v) is 4.51. The van der Waals surface area contributed by atoms with Crippen molar-refractivity contribution in [3.63, 3.8) is 0 Å². The maximum absolute atomic E-state index is 13.9. The fraction of sp³-hybridized carbons (Fsp3) is 0.136. The molecule has 0 aliphatic rings. The molecule has 3 aromatic rings. The molecule has 0 unspecified atom stereocenters. The van der Waals surface area contributed by atoms with Crippen LogP contribution in [0.1, 0.15) is 32.9 Å². The summed E-state index contributed by atoms with van der Waals surface area (Å²) in [6, 6.07) is 15.1. The molecule has 7 heteroatoms. The average molecular weight is 390 g/mol. The van der Waals surface area contributed by atoms with Gasteiger partial charge in [0.15, 0.2) is 0 Å². The van der Waals surface area contributed by atoms with E-state index in [0.29, 0.717) is 0 Å². The minimum atomic E-state index is -0.769. The summed E-state index contributed by atoms with van der Waals surface area (Å²) in [4.78, 5) is 12.1. The molecule has 0 spiro atoms. The van der Waals surface area contributed by atoms with Crippen LogP contribution in [0.5, 0.6) is 5.75 Å². The van der Waals surface area contributed by atoms with E-state index in [0.717, 1.165) is 34.5 Å². The summed E-state index contributed by atoms with van der Waals surface area (Å²) in [5, 5.41) is 12.7. The molecule has 3 rings (SSSR count). The molecule has 29 heavy (non-hydrogen) atoms. The second-order valence-corrected chi connectivity index (χ2v) is 6.37. The number of halogens is 1. The maximum atomic E-state index is 13.9. The quantitative estimate of drug-likeness (QED) is 0.530. The fourth-order valence-electron chi connectivity index (χ4n) is 3.04. The fourth-order valence-corrected chi connectivity index (χ4v) is 3.04. The number of hydrogen-bond donors (Lipinski definition) is 1. The number of methoxy groups -OCH3 is 1. The standard InChI is InChI=1S/C22H19FN4O2/c1-14-10-17(15(2)27(14)18-5-7-19(29-3)8-6-18)13-25-26-22(28)20-9-4-16(12-24)11-21(20)23/h4-11,13H,1-3H3,(H,26,28)/b25-13-. The molecule has 0 aliphatic carbocycles. The number of carbonyl (C=O) groups excluding carboxylic acids is 1. The van der Waals surface area contributed by atoms with Gasteiger partial charge in [-0.1, -0.05) is 0 Å². The minimum absolute atomic E-state index is 0.147. The van der Waals surface area contributed by atoms with Crippen molar-refractivity contribution in [1.82, 2.24) is 9.99 Å². The molecular formula is C22H19FN4O2. The van der Waals surface area contributed by atoms with Gasteiger partial charge in [0, 0.05) is 22.6 Å². The zero-order valence-corrected chi connectivity index (χ0v) is 16.2. The molecule has 0 radical (unpaired) electrons. The second-order valence-electron chi connectivity index (χ2n) is 6.37. The van der Waals surface area contributed by atoms with E-state index in [1.54, 1.807) is 7.11 Å². The number of hydrazone groups is 1. The first kappa shape index (κ1) is 19.8. The lowest BCUT2D eigenvalue weighted by Gasteiger charge is -2.10. The van der Waals surface area contributed by atoms with Crippen LogP contribution in [0.4, 0.5) is 4.39 Å². The number of nitrogens with one attached hydrogen (secondary N) is 1. The van der Waals surface area contributed by atoms with Crippen molar-refractivity contribution in [2.24, 2.45) is 5.10 Å². The first-order valence-corrected chi connectivity index (χ1v) is 8.81. The molecule has 0 saturated heterocycles. The Morgan fingerprint density at radius 3 is 2.55 bits per heavy atom. The first-order valence-electron chi connectivity index (χ1n) is 8.81. The number of nitrogens with zero attached hydrogens (tertiary/aromatic N) is 3. The van der Waals surface area contributed by atoms with Gasteiger partial charge in [0.2, 0.25) is 0 Å². The van der Waals surface area contributed by atoms with Crippen molar-refractivity contribution in [2.75, 3.05) is 7.11 Å². The topological polar surface area (TPSA) is 79.4 Å². The van der Waals surface area contributed by atoms with Crippen LogP contribution < -0.4 is 10.2 Å². The van der Waals surface area contributed by atoms with Crippen molar-refractivity contribution in [3.8, 4) is 17.5 Å². The molecule has 0 atom stereocenters. The lowest BCUT2D eigenvalue weighted by Crippen LogP contribution is -2.19. The number of benzene rings is 2. The first-order chi connectivity index (χ1) is 13.9. The molecule has 0 aliphatic heterocycles. The van der Waals surface area contributed by atoms with Gasteiger partial charge >= 0.3 is 0 Å². The minimum Gasteiger partial charge on any atom is -0.497 e. The molecule has 0 bridgehead atoms. The number of carbonyl (C=O) groups is 1. The highest BCUT2D eigenvalue weighted by Gasteiger charge is 2.12. The summed E-state index contributed by atoms with van der Waals surface area (Å²) in [5.41, 5.74) is 6.02. The molecule has 0 fully saturated rings. The predicted octanol–water partition coefficient (Wildman–Crippen LogP) is 3.88. The SMILES string of the molecule is COc1ccc(-n2c(C)cc(/C=N\NC(=O)c3ccc(C#N)cc3F)c2C)cc1. The van der Waals surface area contributed by atoms with E-state index in [1.165, 1.54) is 18.3 Å². The molecule has 1 amide bonds. The van der Waals surface area contributed by atoms with Gasteiger partial charge in [-0.15, -0.1) is 0 Å². The summed E-state index contributed by atoms with van der Waals surface area (Å²) in [6.45, 7) is 3.92. The van der Waals surface area contributed by atoms with Gasteiger partial charge in [0.25, 0.3) is 5.91 Å². The molecule has 6 nitrogen and oxygen atoms in total. The summed E-state index contributed by atoms with van der Waals surface area (Å²) >= 11 is 0. The van der Waals surface area contributed by atoms with Gasteiger partial charge in [0.05, 0.1) is 30.5 Å². The number of amides is 1. The summed E-state index contributed by atoms with van der Waals surface area (Å²) in [6.07, 6.45) is 1.52. The normalized spacial score (nSPS) is 10.7. The lowest BCUT2D eigenvalue weighted by molar-refractivity contribution is 0.0951. The van der Waals surface area contributed by atoms with Crippen molar-refractivity contribution < 1.29 is 13.9 Å². The number of nitriles is 1. The highest BCUT2D eigenvalue weighted by atomic mass is 19.1. The van der Waals surface area contributed by atoms with Crippen LogP contribution in [0.3, 0.4) is 0 Å². The molecule has 0 saturated carbocycles. The van der Waals surface area contributed by atoms with Crippen LogP contribution in [0.15, 0.2) is 53.6 Å². The third-order valence-electron chi connectivity index (χ3n) is 4.51. The predicted molar refractivity (Wildman–Crippen MR) is 108 cm³/mol. The number of aromatic nitrogens is 1. The Balaban J connectivity index is 1.77. The Morgan fingerprint density at radius 2 is 1.93 bits per heavy atom. The maximum Gasteiger partial charge on any atom is 0.274 e. The van der Waals surface area contributed by atoms with E-state index < -0.39 is 11.7 Å². The largest absolute Gasteiger partial charge is 0.497 e. The summed E-state index contributed by atoms with van der Waals surface area (Å²) in [5.74, 6) is -0.683. The van der Waals surface area contributed by atoms with Crippen molar-refractivity contribution in [1.29, 1.82) is 5.26 Å². The number of ether oxygens (including phenoxy) is 1. The van der Waals surface area contributed by atoms with Crippen LogP contribution >= 0.6 is 0 Å². The van der Waals surface area contributed by atoms with E-state index in [1.807, 2.05) is 50.2 Å². The lowest BCUT2D eigenvalue weighted by atomic mass is 10.1. The van der Waals surface area contributed by atoms with Crippen molar-refractivity contribution >= 4 is 12.1 Å². The van der Waals surface area contributed by atoms with Crippen molar-refractivity contribution in [2.45, 2.75) is 13.8 Å². The van der Waals surface area contributed by atoms with Crippen LogP contribution in [0, 0.1) is 31.0 Å². The van der Waals surface area contributed by atoms with Crippen LogP contribution in [0.25, 0.3) is 5.69 Å². The van der Waals surface area contributed by atoms with Gasteiger partial charge in [0.1, 0.15) is 11.6 Å². The number of hydrogen-bond acceptors (Lipinski definition) is 4. The van der Waals surface area contributed by atoms with Crippen LogP contribution in [0.2, 0.25) is 0 Å². The molecular weight excluding hydrogens is 371 g/mol. The smallest absolute Gasteiger partial charge is 0.274 e. The highest BCUT2D eigenvalue weighted by Crippen LogP contribution is 2.22. The molecule has 146 valence electrons. The van der Waals surface area contributed by atoms with Gasteiger partial charge in [-0.25, -0.2) is 9.82 Å². The Hall–Kier alpha value is -3.92. The average Bonchev–Trinajstić information content (AvgIpc) is 3.01. The van der Waals surface area contributed by atoms with Crippen LogP contribution in [-0.2, 0) is 0 Å². The molecule has 1 heterocycles. The Labute approximate surface area is 167 Å². The number of aryl methyl sites for hydroxylation is 1. The van der Waals surface area contributed by atoms with E-state index in [4.69, 9.17) is 10.00 Å². The molecule has 1 aromatic heterocycles. The Kier molecular flexibility index (Phi) is 5.74. The van der Waals surface area contributed by atoms with Crippen molar-refractivity contribution in [3.05, 3.63) is 82.4 Å². The van der Waals surface area contributed by atoms with E-state index in [9.17, 15) is 9.18 Å². The van der Waals surface area contributed by atoms with Gasteiger partial charge < -0.3 is 9.30 Å². The van der Waals surface area contributed by atoms with E-state index in [-0.39, 0.29) is 11.1 Å². The van der Waals surface area contributed by atoms with Gasteiger partial charge in [-0.05, 0) is 62.4 Å². The highest BCUT2D eigenvalue weighted by molar-refractivity contribution is 5.95. The zero-order chi connectivity index (χ0) is 21.0. The Bertz CT molecular complexity index is 1120.